The molecule has 1 aliphatic heterocycles. The molecule has 3 fully saturated rings. The third-order valence-corrected chi connectivity index (χ3v) is 8.59. The van der Waals surface area contributed by atoms with Crippen LogP contribution in [0.15, 0.2) is 36.0 Å². The summed E-state index contributed by atoms with van der Waals surface area (Å²) >= 11 is 0. The van der Waals surface area contributed by atoms with Gasteiger partial charge >= 0.3 is 0 Å². The van der Waals surface area contributed by atoms with Gasteiger partial charge < -0.3 is 0 Å². The van der Waals surface area contributed by atoms with Crippen molar-refractivity contribution in [2.75, 3.05) is 0 Å². The molecule has 0 aromatic rings. The third kappa shape index (κ3) is 3.74. The number of allylic oxidation sites excluding steroid dienone is 5. The zero-order valence-corrected chi connectivity index (χ0v) is 17.2. The van der Waals surface area contributed by atoms with Crippen LogP contribution in [-0.2, 0) is 0 Å². The zero-order chi connectivity index (χ0) is 18.1. The van der Waals surface area contributed by atoms with Crippen LogP contribution in [0.4, 0.5) is 0 Å². The maximum absolute atomic E-state index is 3.08. The van der Waals surface area contributed by atoms with Crippen LogP contribution in [0.25, 0.3) is 0 Å². The van der Waals surface area contributed by atoms with Gasteiger partial charge in [0.25, 0.3) is 0 Å². The number of hydrogen-bond donors (Lipinski definition) is 0. The van der Waals surface area contributed by atoms with Crippen molar-refractivity contribution in [2.45, 2.75) is 108 Å². The Kier molecular flexibility index (Phi) is 5.59. The first-order valence-corrected chi connectivity index (χ1v) is 12.2. The van der Waals surface area contributed by atoms with Gasteiger partial charge in [-0.25, -0.2) is 0 Å². The standard InChI is InChI=1S/C26H39N/c1-3-9-20(10-4-1)15-16-21-17-18-26-24(19-21)23-13-7-8-14-25(23)27(26)22-11-5-2-6-12-22/h1,3,9,17-18,21-26H,2,4-8,10-16,19H2. The molecule has 0 aromatic heterocycles. The van der Waals surface area contributed by atoms with Gasteiger partial charge in [0.05, 0.1) is 0 Å². The summed E-state index contributed by atoms with van der Waals surface area (Å²) in [7, 11) is 0. The average molecular weight is 366 g/mol. The Morgan fingerprint density at radius 3 is 2.59 bits per heavy atom. The van der Waals surface area contributed by atoms with Gasteiger partial charge in [-0.15, -0.1) is 0 Å². The lowest BCUT2D eigenvalue weighted by molar-refractivity contribution is 0.0873. The van der Waals surface area contributed by atoms with Crippen molar-refractivity contribution in [1.29, 1.82) is 0 Å². The van der Waals surface area contributed by atoms with Crippen LogP contribution in [0, 0.1) is 17.8 Å². The molecular weight excluding hydrogens is 326 g/mol. The van der Waals surface area contributed by atoms with Crippen LogP contribution in [0.5, 0.6) is 0 Å². The van der Waals surface area contributed by atoms with Crippen LogP contribution < -0.4 is 0 Å². The Morgan fingerprint density at radius 2 is 1.74 bits per heavy atom. The Labute approximate surface area is 167 Å². The van der Waals surface area contributed by atoms with Gasteiger partial charge in [0.1, 0.15) is 0 Å². The molecule has 0 bridgehead atoms. The van der Waals surface area contributed by atoms with Crippen LogP contribution in [-0.4, -0.2) is 23.0 Å². The van der Waals surface area contributed by atoms with Crippen molar-refractivity contribution < 1.29 is 0 Å². The van der Waals surface area contributed by atoms with E-state index in [0.717, 1.165) is 35.9 Å². The molecule has 0 N–H and O–H groups in total. The number of nitrogens with zero attached hydrogens (tertiary/aromatic N) is 1. The second kappa shape index (κ2) is 8.27. The number of hydrogen-bond acceptors (Lipinski definition) is 1. The molecule has 148 valence electrons. The minimum Gasteiger partial charge on any atom is -0.290 e. The first-order valence-electron chi connectivity index (χ1n) is 12.2. The minimum atomic E-state index is 0.786. The first-order chi connectivity index (χ1) is 13.4. The molecule has 0 aromatic carbocycles. The van der Waals surface area contributed by atoms with E-state index in [-0.39, 0.29) is 0 Å². The molecule has 0 radical (unpaired) electrons. The Hall–Kier alpha value is -0.820. The maximum atomic E-state index is 3.08. The number of likely N-dealkylation sites (tertiary alicyclic amines) is 1. The van der Waals surface area contributed by atoms with Crippen molar-refractivity contribution in [3.8, 4) is 0 Å². The van der Waals surface area contributed by atoms with Crippen molar-refractivity contribution in [2.24, 2.45) is 17.8 Å². The summed E-state index contributed by atoms with van der Waals surface area (Å²) in [5, 5.41) is 0. The average Bonchev–Trinajstić information content (AvgIpc) is 3.07. The first kappa shape index (κ1) is 18.2. The highest BCUT2D eigenvalue weighted by Gasteiger charge is 2.51. The zero-order valence-electron chi connectivity index (χ0n) is 17.2. The van der Waals surface area contributed by atoms with Crippen LogP contribution >= 0.6 is 0 Å². The lowest BCUT2D eigenvalue weighted by Crippen LogP contribution is -2.46. The summed E-state index contributed by atoms with van der Waals surface area (Å²) < 4.78 is 0. The topological polar surface area (TPSA) is 3.24 Å². The lowest BCUT2D eigenvalue weighted by Gasteiger charge is -2.41. The number of fused-ring (bicyclic) bond motifs is 3. The lowest BCUT2D eigenvalue weighted by atomic mass is 9.72. The molecule has 4 aliphatic carbocycles. The second-order valence-electron chi connectivity index (χ2n) is 10.1. The van der Waals surface area contributed by atoms with Crippen molar-refractivity contribution >= 4 is 0 Å². The molecular formula is C26H39N. The molecule has 0 amide bonds. The predicted molar refractivity (Wildman–Crippen MR) is 115 cm³/mol. The van der Waals surface area contributed by atoms with E-state index in [0.29, 0.717) is 0 Å². The fourth-order valence-corrected chi connectivity index (χ4v) is 7.30. The van der Waals surface area contributed by atoms with E-state index >= 15 is 0 Å². The molecule has 1 saturated heterocycles. The molecule has 1 heterocycles. The smallest absolute Gasteiger partial charge is 0.0315 e. The summed E-state index contributed by atoms with van der Waals surface area (Å²) in [5.41, 5.74) is 1.69. The van der Waals surface area contributed by atoms with Crippen LogP contribution in [0.1, 0.15) is 89.9 Å². The Balaban J connectivity index is 1.29. The normalized spacial score (nSPS) is 39.9. The Morgan fingerprint density at radius 1 is 0.889 bits per heavy atom. The predicted octanol–water partition coefficient (Wildman–Crippen LogP) is 6.81. The van der Waals surface area contributed by atoms with Gasteiger partial charge in [-0.2, -0.15) is 0 Å². The summed E-state index contributed by atoms with van der Waals surface area (Å²) in [6.45, 7) is 0. The van der Waals surface area contributed by atoms with E-state index in [4.69, 9.17) is 0 Å². The monoisotopic (exact) mass is 365 g/mol. The van der Waals surface area contributed by atoms with Crippen LogP contribution in [0.3, 0.4) is 0 Å². The second-order valence-corrected chi connectivity index (χ2v) is 10.1. The van der Waals surface area contributed by atoms with Gasteiger partial charge in [0, 0.05) is 18.1 Å². The Bertz CT molecular complexity index is 593. The largest absolute Gasteiger partial charge is 0.290 e. The third-order valence-electron chi connectivity index (χ3n) is 8.59. The summed E-state index contributed by atoms with van der Waals surface area (Å²) in [5.74, 6) is 2.81. The quantitative estimate of drug-likeness (QED) is 0.495. The van der Waals surface area contributed by atoms with Gasteiger partial charge in [0.15, 0.2) is 0 Å². The molecule has 5 unspecified atom stereocenters. The molecule has 1 heteroatoms. The summed E-state index contributed by atoms with van der Waals surface area (Å²) in [6, 6.07) is 2.61. The fraction of sp³-hybridized carbons (Fsp3) is 0.769. The van der Waals surface area contributed by atoms with E-state index in [1.807, 2.05) is 0 Å². The van der Waals surface area contributed by atoms with E-state index in [9.17, 15) is 0 Å². The molecule has 5 rings (SSSR count). The minimum absolute atomic E-state index is 0.786. The maximum Gasteiger partial charge on any atom is 0.0315 e. The molecule has 1 nitrogen and oxygen atoms in total. The van der Waals surface area contributed by atoms with Crippen molar-refractivity contribution in [1.82, 2.24) is 4.90 Å². The highest BCUT2D eigenvalue weighted by molar-refractivity contribution is 5.19. The molecule has 0 spiro atoms. The van der Waals surface area contributed by atoms with Gasteiger partial charge in [-0.05, 0) is 75.5 Å². The van der Waals surface area contributed by atoms with Gasteiger partial charge in [-0.1, -0.05) is 68.1 Å². The number of rotatable bonds is 4. The van der Waals surface area contributed by atoms with Crippen molar-refractivity contribution in [3.05, 3.63) is 36.0 Å². The van der Waals surface area contributed by atoms with E-state index in [2.05, 4.69) is 35.3 Å². The SMILES string of the molecule is C1=CCCC(CCC2C=CC3C(C2)C2CCCCC2N3C2CCCCC2)=C1. The van der Waals surface area contributed by atoms with Crippen molar-refractivity contribution in [3.63, 3.8) is 0 Å². The summed E-state index contributed by atoms with van der Waals surface area (Å²) in [4.78, 5) is 3.08. The summed E-state index contributed by atoms with van der Waals surface area (Å²) in [6.07, 6.45) is 32.5. The fourth-order valence-electron chi connectivity index (χ4n) is 7.30. The molecule has 27 heavy (non-hydrogen) atoms. The van der Waals surface area contributed by atoms with E-state index < -0.39 is 0 Å². The van der Waals surface area contributed by atoms with E-state index in [1.165, 1.54) is 89.9 Å². The highest BCUT2D eigenvalue weighted by Crippen LogP contribution is 2.51. The highest BCUT2D eigenvalue weighted by atomic mass is 15.3. The van der Waals surface area contributed by atoms with Gasteiger partial charge in [-0.3, -0.25) is 4.90 Å². The molecule has 2 saturated carbocycles. The van der Waals surface area contributed by atoms with E-state index in [1.54, 1.807) is 5.57 Å². The van der Waals surface area contributed by atoms with Gasteiger partial charge in [0.2, 0.25) is 0 Å². The molecule has 5 atom stereocenters. The van der Waals surface area contributed by atoms with Crippen LogP contribution in [0.2, 0.25) is 0 Å². The molecule has 5 aliphatic rings.